The van der Waals surface area contributed by atoms with Crippen molar-refractivity contribution in [3.8, 4) is 11.5 Å². The topological polar surface area (TPSA) is 50.4 Å². The summed E-state index contributed by atoms with van der Waals surface area (Å²) < 4.78 is 5.78. The molecule has 1 saturated carbocycles. The minimum Gasteiger partial charge on any atom is -0.457 e. The average molecular weight is 338 g/mol. The lowest BCUT2D eigenvalue weighted by atomic mass is 9.95. The Morgan fingerprint density at radius 2 is 1.60 bits per heavy atom. The van der Waals surface area contributed by atoms with E-state index in [1.165, 1.54) is 19.3 Å². The van der Waals surface area contributed by atoms with E-state index in [1.807, 2.05) is 61.5 Å². The van der Waals surface area contributed by atoms with Gasteiger partial charge < -0.3 is 15.4 Å². The first-order valence-electron chi connectivity index (χ1n) is 9.10. The van der Waals surface area contributed by atoms with Crippen LogP contribution in [0.15, 0.2) is 54.6 Å². The predicted molar refractivity (Wildman–Crippen MR) is 101 cm³/mol. The average Bonchev–Trinajstić information content (AvgIpc) is 2.65. The van der Waals surface area contributed by atoms with Gasteiger partial charge in [0, 0.05) is 11.7 Å². The highest BCUT2D eigenvalue weighted by atomic mass is 16.5. The highest BCUT2D eigenvalue weighted by Crippen LogP contribution is 2.23. The van der Waals surface area contributed by atoms with Crippen LogP contribution in [0.2, 0.25) is 0 Å². The summed E-state index contributed by atoms with van der Waals surface area (Å²) in [5.41, 5.74) is 0.909. The molecule has 0 radical (unpaired) electrons. The van der Waals surface area contributed by atoms with Gasteiger partial charge in [0.1, 0.15) is 17.5 Å². The van der Waals surface area contributed by atoms with Gasteiger partial charge in [-0.05, 0) is 56.2 Å². The monoisotopic (exact) mass is 338 g/mol. The number of hydrogen-bond acceptors (Lipinski definition) is 3. The number of nitrogens with one attached hydrogen (secondary N) is 2. The first-order valence-corrected chi connectivity index (χ1v) is 9.10. The van der Waals surface area contributed by atoms with Gasteiger partial charge in [0.2, 0.25) is 5.91 Å². The molecule has 1 fully saturated rings. The van der Waals surface area contributed by atoms with Crippen molar-refractivity contribution in [1.82, 2.24) is 5.32 Å². The molecule has 0 unspecified atom stereocenters. The molecule has 1 amide bonds. The molecule has 0 heterocycles. The normalized spacial score (nSPS) is 16.0. The zero-order chi connectivity index (χ0) is 17.5. The zero-order valence-electron chi connectivity index (χ0n) is 14.7. The Morgan fingerprint density at radius 3 is 2.28 bits per heavy atom. The van der Waals surface area contributed by atoms with E-state index in [1.54, 1.807) is 0 Å². The molecule has 1 aliphatic rings. The maximum atomic E-state index is 12.3. The van der Waals surface area contributed by atoms with E-state index in [0.717, 1.165) is 30.0 Å². The Bertz CT molecular complexity index is 664. The second-order valence-corrected chi connectivity index (χ2v) is 6.65. The molecule has 1 atom stereocenters. The van der Waals surface area contributed by atoms with Gasteiger partial charge in [-0.1, -0.05) is 37.5 Å². The SMILES string of the molecule is C[C@H](Nc1ccc(Oc2ccccc2)cc1)C(=O)NC1CCCCC1. The fourth-order valence-electron chi connectivity index (χ4n) is 3.13. The molecular weight excluding hydrogens is 312 g/mol. The van der Waals surface area contributed by atoms with Crippen molar-refractivity contribution in [3.63, 3.8) is 0 Å². The minimum atomic E-state index is -0.261. The van der Waals surface area contributed by atoms with Crippen molar-refractivity contribution in [2.24, 2.45) is 0 Å². The molecule has 0 saturated heterocycles. The summed E-state index contributed by atoms with van der Waals surface area (Å²) >= 11 is 0. The molecule has 25 heavy (non-hydrogen) atoms. The highest BCUT2D eigenvalue weighted by Gasteiger charge is 2.19. The second-order valence-electron chi connectivity index (χ2n) is 6.65. The van der Waals surface area contributed by atoms with Crippen molar-refractivity contribution in [3.05, 3.63) is 54.6 Å². The Morgan fingerprint density at radius 1 is 0.960 bits per heavy atom. The molecule has 4 heteroatoms. The van der Waals surface area contributed by atoms with Crippen LogP contribution in [0.1, 0.15) is 39.0 Å². The Labute approximate surface area is 149 Å². The van der Waals surface area contributed by atoms with Gasteiger partial charge in [0.15, 0.2) is 0 Å². The van der Waals surface area contributed by atoms with Crippen LogP contribution >= 0.6 is 0 Å². The fourth-order valence-corrected chi connectivity index (χ4v) is 3.13. The van der Waals surface area contributed by atoms with Crippen LogP contribution in [-0.4, -0.2) is 18.0 Å². The van der Waals surface area contributed by atoms with Gasteiger partial charge >= 0.3 is 0 Å². The van der Waals surface area contributed by atoms with Gasteiger partial charge in [-0.15, -0.1) is 0 Å². The summed E-state index contributed by atoms with van der Waals surface area (Å²) in [4.78, 5) is 12.3. The van der Waals surface area contributed by atoms with Crippen LogP contribution in [0.3, 0.4) is 0 Å². The van der Waals surface area contributed by atoms with E-state index >= 15 is 0 Å². The van der Waals surface area contributed by atoms with E-state index in [4.69, 9.17) is 4.74 Å². The van der Waals surface area contributed by atoms with E-state index < -0.39 is 0 Å². The maximum Gasteiger partial charge on any atom is 0.242 e. The van der Waals surface area contributed by atoms with Gasteiger partial charge in [-0.25, -0.2) is 0 Å². The lowest BCUT2D eigenvalue weighted by Crippen LogP contribution is -2.43. The van der Waals surface area contributed by atoms with Crippen molar-refractivity contribution in [2.45, 2.75) is 51.1 Å². The summed E-state index contributed by atoms with van der Waals surface area (Å²) in [5.74, 6) is 1.65. The molecule has 2 aromatic rings. The van der Waals surface area contributed by atoms with Gasteiger partial charge in [-0.2, -0.15) is 0 Å². The Balaban J connectivity index is 1.50. The van der Waals surface area contributed by atoms with Crippen molar-refractivity contribution in [1.29, 1.82) is 0 Å². The number of hydrogen-bond donors (Lipinski definition) is 2. The standard InChI is InChI=1S/C21H26N2O2/c1-16(21(24)23-17-8-4-2-5-9-17)22-18-12-14-20(15-13-18)25-19-10-6-3-7-11-19/h3,6-7,10-17,22H,2,4-5,8-9H2,1H3,(H,23,24)/t16-/m0/s1. The van der Waals surface area contributed by atoms with E-state index in [0.29, 0.717) is 6.04 Å². The molecule has 0 spiro atoms. The van der Waals surface area contributed by atoms with Crippen molar-refractivity contribution in [2.75, 3.05) is 5.32 Å². The van der Waals surface area contributed by atoms with Gasteiger partial charge in [0.05, 0.1) is 0 Å². The number of rotatable bonds is 6. The number of benzene rings is 2. The van der Waals surface area contributed by atoms with Crippen LogP contribution in [0.4, 0.5) is 5.69 Å². The van der Waals surface area contributed by atoms with Crippen LogP contribution < -0.4 is 15.4 Å². The van der Waals surface area contributed by atoms with Crippen LogP contribution in [-0.2, 0) is 4.79 Å². The Kier molecular flexibility index (Phi) is 5.94. The summed E-state index contributed by atoms with van der Waals surface area (Å²) in [6.07, 6.45) is 5.93. The molecule has 4 nitrogen and oxygen atoms in total. The third-order valence-electron chi connectivity index (χ3n) is 4.56. The van der Waals surface area contributed by atoms with Crippen molar-refractivity contribution < 1.29 is 9.53 Å². The first kappa shape index (κ1) is 17.3. The van der Waals surface area contributed by atoms with Gasteiger partial charge in [0.25, 0.3) is 0 Å². The minimum absolute atomic E-state index is 0.0662. The molecule has 0 aromatic heterocycles. The van der Waals surface area contributed by atoms with Gasteiger partial charge in [-0.3, -0.25) is 4.79 Å². The molecule has 2 N–H and O–H groups in total. The number of carbonyl (C=O) groups excluding carboxylic acids is 1. The summed E-state index contributed by atoms with van der Waals surface area (Å²) in [6, 6.07) is 17.4. The third kappa shape index (κ3) is 5.24. The highest BCUT2D eigenvalue weighted by molar-refractivity contribution is 5.84. The Hall–Kier alpha value is -2.49. The lowest BCUT2D eigenvalue weighted by molar-refractivity contribution is -0.122. The molecule has 132 valence electrons. The first-order chi connectivity index (χ1) is 12.2. The lowest BCUT2D eigenvalue weighted by Gasteiger charge is -2.25. The summed E-state index contributed by atoms with van der Waals surface area (Å²) in [7, 11) is 0. The number of ether oxygens (including phenoxy) is 1. The number of carbonyl (C=O) groups is 1. The molecule has 0 bridgehead atoms. The quantitative estimate of drug-likeness (QED) is 0.801. The van der Waals surface area contributed by atoms with E-state index in [2.05, 4.69) is 10.6 Å². The predicted octanol–water partition coefficient (Wildman–Crippen LogP) is 4.73. The number of anilines is 1. The van der Waals surface area contributed by atoms with E-state index in [-0.39, 0.29) is 11.9 Å². The number of amides is 1. The van der Waals surface area contributed by atoms with Crippen molar-refractivity contribution >= 4 is 11.6 Å². The van der Waals surface area contributed by atoms with Crippen LogP contribution in [0.25, 0.3) is 0 Å². The summed E-state index contributed by atoms with van der Waals surface area (Å²) in [5, 5.41) is 6.41. The smallest absolute Gasteiger partial charge is 0.242 e. The third-order valence-corrected chi connectivity index (χ3v) is 4.56. The molecule has 3 rings (SSSR count). The molecule has 1 aliphatic carbocycles. The number of para-hydroxylation sites is 1. The largest absolute Gasteiger partial charge is 0.457 e. The van der Waals surface area contributed by atoms with Crippen LogP contribution in [0, 0.1) is 0 Å². The molecular formula is C21H26N2O2. The molecule has 2 aromatic carbocycles. The van der Waals surface area contributed by atoms with E-state index in [9.17, 15) is 4.79 Å². The fraction of sp³-hybridized carbons (Fsp3) is 0.381. The molecule has 0 aliphatic heterocycles. The second kappa shape index (κ2) is 8.56. The summed E-state index contributed by atoms with van der Waals surface area (Å²) in [6.45, 7) is 1.90. The van der Waals surface area contributed by atoms with Crippen LogP contribution in [0.5, 0.6) is 11.5 Å². The maximum absolute atomic E-state index is 12.3. The zero-order valence-corrected chi connectivity index (χ0v) is 14.7.